The van der Waals surface area contributed by atoms with Gasteiger partial charge in [0.2, 0.25) is 0 Å². The number of hydrogen-bond acceptors (Lipinski definition) is 1. The molecule has 1 aromatic carbocycles. The van der Waals surface area contributed by atoms with Crippen LogP contribution >= 0.6 is 0 Å². The lowest BCUT2D eigenvalue weighted by Gasteiger charge is -2.29. The van der Waals surface area contributed by atoms with Gasteiger partial charge in [-0.15, -0.1) is 0 Å². The maximum absolute atomic E-state index is 5.79. The molecular formula is C18H25N. The van der Waals surface area contributed by atoms with Crippen molar-refractivity contribution >= 4 is 11.3 Å². The summed E-state index contributed by atoms with van der Waals surface area (Å²) >= 11 is 0. The molecule has 0 radical (unpaired) electrons. The number of benzene rings is 1. The van der Waals surface area contributed by atoms with E-state index in [1.807, 2.05) is 12.1 Å². The molecule has 2 rings (SSSR count). The minimum Gasteiger partial charge on any atom is -0.399 e. The van der Waals surface area contributed by atoms with Crippen LogP contribution in [0.2, 0.25) is 0 Å². The maximum Gasteiger partial charge on any atom is 0.0314 e. The van der Waals surface area contributed by atoms with Crippen LogP contribution in [-0.2, 0) is 0 Å². The molecular weight excluding hydrogens is 230 g/mol. The van der Waals surface area contributed by atoms with Gasteiger partial charge in [0.25, 0.3) is 0 Å². The Labute approximate surface area is 117 Å². The van der Waals surface area contributed by atoms with E-state index < -0.39 is 0 Å². The molecule has 102 valence electrons. The largest absolute Gasteiger partial charge is 0.399 e. The topological polar surface area (TPSA) is 26.0 Å². The van der Waals surface area contributed by atoms with Gasteiger partial charge < -0.3 is 5.73 Å². The smallest absolute Gasteiger partial charge is 0.0314 e. The second kappa shape index (κ2) is 6.10. The molecule has 1 aromatic rings. The molecule has 0 saturated heterocycles. The third-order valence-corrected chi connectivity index (χ3v) is 4.40. The lowest BCUT2D eigenvalue weighted by Crippen LogP contribution is -2.16. The monoisotopic (exact) mass is 255 g/mol. The van der Waals surface area contributed by atoms with Crippen LogP contribution in [0.25, 0.3) is 5.57 Å². The van der Waals surface area contributed by atoms with Crippen molar-refractivity contribution in [2.45, 2.75) is 40.0 Å². The average Bonchev–Trinajstić information content (AvgIpc) is 2.46. The summed E-state index contributed by atoms with van der Waals surface area (Å²) in [7, 11) is 0. The lowest BCUT2D eigenvalue weighted by molar-refractivity contribution is 0.393. The van der Waals surface area contributed by atoms with E-state index in [1.54, 1.807) is 5.57 Å². The van der Waals surface area contributed by atoms with Gasteiger partial charge in [-0.3, -0.25) is 0 Å². The predicted octanol–water partition coefficient (Wildman–Crippen LogP) is 5.05. The first-order valence-corrected chi connectivity index (χ1v) is 7.42. The fourth-order valence-corrected chi connectivity index (χ4v) is 3.04. The van der Waals surface area contributed by atoms with Crippen molar-refractivity contribution in [1.29, 1.82) is 0 Å². The standard InChI is InChI=1S/C18H25N/c1-4-13(3)17-7-6-8-18(16(17)5-2)14-9-11-15(19)12-10-14/h6,8-13,17H,4-5,7,19H2,1-3H3/t13?,17-/m0/s1. The van der Waals surface area contributed by atoms with Crippen LogP contribution in [0, 0.1) is 11.8 Å². The number of allylic oxidation sites excluding steroid dienone is 4. The minimum absolute atomic E-state index is 0.701. The summed E-state index contributed by atoms with van der Waals surface area (Å²) in [6.07, 6.45) is 8.21. The van der Waals surface area contributed by atoms with E-state index in [1.165, 1.54) is 24.0 Å². The van der Waals surface area contributed by atoms with Crippen LogP contribution in [0.3, 0.4) is 0 Å². The fourth-order valence-electron chi connectivity index (χ4n) is 3.04. The van der Waals surface area contributed by atoms with Gasteiger partial charge in [0.1, 0.15) is 0 Å². The fraction of sp³-hybridized carbons (Fsp3) is 0.444. The third kappa shape index (κ3) is 2.91. The summed E-state index contributed by atoms with van der Waals surface area (Å²) in [5.74, 6) is 1.45. The Morgan fingerprint density at radius 2 is 1.89 bits per heavy atom. The Balaban J connectivity index is 2.42. The van der Waals surface area contributed by atoms with E-state index in [0.29, 0.717) is 5.92 Å². The predicted molar refractivity (Wildman–Crippen MR) is 84.8 cm³/mol. The molecule has 1 heteroatoms. The lowest BCUT2D eigenvalue weighted by atomic mass is 9.76. The van der Waals surface area contributed by atoms with E-state index in [4.69, 9.17) is 5.73 Å². The van der Waals surface area contributed by atoms with Crippen molar-refractivity contribution in [3.63, 3.8) is 0 Å². The van der Waals surface area contributed by atoms with Crippen molar-refractivity contribution in [2.75, 3.05) is 5.73 Å². The van der Waals surface area contributed by atoms with Crippen molar-refractivity contribution in [3.05, 3.63) is 47.6 Å². The van der Waals surface area contributed by atoms with E-state index in [-0.39, 0.29) is 0 Å². The third-order valence-electron chi connectivity index (χ3n) is 4.40. The summed E-state index contributed by atoms with van der Waals surface area (Å²) in [6, 6.07) is 8.28. The van der Waals surface area contributed by atoms with Gasteiger partial charge in [-0.2, -0.15) is 0 Å². The van der Waals surface area contributed by atoms with Gasteiger partial charge in [0.15, 0.2) is 0 Å². The molecule has 1 aliphatic rings. The van der Waals surface area contributed by atoms with Gasteiger partial charge in [-0.25, -0.2) is 0 Å². The molecule has 1 aliphatic carbocycles. The van der Waals surface area contributed by atoms with Crippen molar-refractivity contribution in [3.8, 4) is 0 Å². The second-order valence-corrected chi connectivity index (χ2v) is 5.54. The first-order chi connectivity index (χ1) is 9.17. The highest BCUT2D eigenvalue weighted by Gasteiger charge is 2.23. The van der Waals surface area contributed by atoms with Crippen LogP contribution in [0.4, 0.5) is 5.69 Å². The highest BCUT2D eigenvalue weighted by molar-refractivity contribution is 5.78. The van der Waals surface area contributed by atoms with Crippen LogP contribution in [0.15, 0.2) is 42.0 Å². The molecule has 2 atom stereocenters. The molecule has 0 bridgehead atoms. The van der Waals surface area contributed by atoms with E-state index in [0.717, 1.165) is 18.0 Å². The second-order valence-electron chi connectivity index (χ2n) is 5.54. The molecule has 0 aliphatic heterocycles. The molecule has 2 N–H and O–H groups in total. The molecule has 0 amide bonds. The summed E-state index contributed by atoms with van der Waals surface area (Å²) in [4.78, 5) is 0. The Bertz CT molecular complexity index is 479. The summed E-state index contributed by atoms with van der Waals surface area (Å²) in [6.45, 7) is 6.94. The summed E-state index contributed by atoms with van der Waals surface area (Å²) in [5, 5.41) is 0. The maximum atomic E-state index is 5.79. The van der Waals surface area contributed by atoms with Gasteiger partial charge >= 0.3 is 0 Å². The normalized spacial score (nSPS) is 20.7. The molecule has 0 saturated carbocycles. The molecule has 0 heterocycles. The van der Waals surface area contributed by atoms with Crippen molar-refractivity contribution < 1.29 is 0 Å². The Hall–Kier alpha value is -1.50. The van der Waals surface area contributed by atoms with E-state index in [9.17, 15) is 0 Å². The molecule has 1 nitrogen and oxygen atoms in total. The van der Waals surface area contributed by atoms with Gasteiger partial charge in [-0.05, 0) is 47.9 Å². The Morgan fingerprint density at radius 3 is 2.47 bits per heavy atom. The number of anilines is 1. The highest BCUT2D eigenvalue weighted by Crippen LogP contribution is 2.38. The molecule has 0 fully saturated rings. The number of hydrogen-bond donors (Lipinski definition) is 1. The zero-order valence-electron chi connectivity index (χ0n) is 12.3. The Morgan fingerprint density at radius 1 is 1.21 bits per heavy atom. The average molecular weight is 255 g/mol. The van der Waals surface area contributed by atoms with Gasteiger partial charge in [-0.1, -0.05) is 57.0 Å². The van der Waals surface area contributed by atoms with Crippen molar-refractivity contribution in [2.24, 2.45) is 11.8 Å². The van der Waals surface area contributed by atoms with E-state index in [2.05, 4.69) is 45.1 Å². The highest BCUT2D eigenvalue weighted by atomic mass is 14.5. The van der Waals surface area contributed by atoms with E-state index >= 15 is 0 Å². The molecule has 19 heavy (non-hydrogen) atoms. The quantitative estimate of drug-likeness (QED) is 0.748. The molecule has 0 aromatic heterocycles. The van der Waals surface area contributed by atoms with Gasteiger partial charge in [0, 0.05) is 5.69 Å². The van der Waals surface area contributed by atoms with Crippen molar-refractivity contribution in [1.82, 2.24) is 0 Å². The first kappa shape index (κ1) is 13.9. The molecule has 1 unspecified atom stereocenters. The number of rotatable bonds is 4. The number of nitrogen functional groups attached to an aromatic ring is 1. The van der Waals surface area contributed by atoms with Crippen LogP contribution in [0.5, 0.6) is 0 Å². The zero-order chi connectivity index (χ0) is 13.8. The summed E-state index contributed by atoms with van der Waals surface area (Å²) in [5.41, 5.74) is 10.9. The number of nitrogens with two attached hydrogens (primary N) is 1. The van der Waals surface area contributed by atoms with Crippen LogP contribution < -0.4 is 5.73 Å². The van der Waals surface area contributed by atoms with Gasteiger partial charge in [0.05, 0.1) is 0 Å². The van der Waals surface area contributed by atoms with Crippen LogP contribution in [0.1, 0.15) is 45.6 Å². The van der Waals surface area contributed by atoms with Crippen LogP contribution in [-0.4, -0.2) is 0 Å². The minimum atomic E-state index is 0.701. The Kier molecular flexibility index (Phi) is 4.47. The first-order valence-electron chi connectivity index (χ1n) is 7.42. The SMILES string of the molecule is CCC1=C(c2ccc(N)cc2)C=CC[C@H]1C(C)CC. The zero-order valence-corrected chi connectivity index (χ0v) is 12.3. The summed E-state index contributed by atoms with van der Waals surface area (Å²) < 4.78 is 0. The molecule has 0 spiro atoms.